The number of carbonyl (C=O) groups is 1. The lowest BCUT2D eigenvalue weighted by Gasteiger charge is -2.07. The predicted octanol–water partition coefficient (Wildman–Crippen LogP) is 0.724. The molecular weight excluding hydrogens is 196 g/mol. The third-order valence-corrected chi connectivity index (χ3v) is 1.99. The van der Waals surface area contributed by atoms with E-state index in [4.69, 9.17) is 20.8 Å². The summed E-state index contributed by atoms with van der Waals surface area (Å²) in [6.07, 6.45) is 0. The Morgan fingerprint density at radius 3 is 2.73 bits per heavy atom. The number of nitriles is 1. The van der Waals surface area contributed by atoms with Crippen molar-refractivity contribution in [1.29, 1.82) is 5.26 Å². The highest BCUT2D eigenvalue weighted by atomic mass is 16.5. The summed E-state index contributed by atoms with van der Waals surface area (Å²) in [5, 5.41) is 17.7. The van der Waals surface area contributed by atoms with Crippen LogP contribution in [0, 0.1) is 11.3 Å². The van der Waals surface area contributed by atoms with Crippen LogP contribution in [0.25, 0.3) is 0 Å². The lowest BCUT2D eigenvalue weighted by atomic mass is 10.0. The zero-order valence-corrected chi connectivity index (χ0v) is 8.15. The highest BCUT2D eigenvalue weighted by Gasteiger charge is 2.15. The third kappa shape index (κ3) is 2.06. The highest BCUT2D eigenvalue weighted by molar-refractivity contribution is 5.91. The van der Waals surface area contributed by atoms with E-state index in [9.17, 15) is 4.79 Å². The molecule has 0 amide bonds. The van der Waals surface area contributed by atoms with E-state index in [0.29, 0.717) is 11.3 Å². The molecule has 0 saturated carbocycles. The number of methoxy groups -OCH3 is 1. The summed E-state index contributed by atoms with van der Waals surface area (Å²) in [4.78, 5) is 10.9. The molecule has 0 fully saturated rings. The number of benzene rings is 1. The minimum absolute atomic E-state index is 0.0858. The molecule has 0 radical (unpaired) electrons. The minimum atomic E-state index is -1.17. The first-order valence-corrected chi connectivity index (χ1v) is 4.18. The summed E-state index contributed by atoms with van der Waals surface area (Å²) in [5.74, 6) is -0.785. The van der Waals surface area contributed by atoms with Gasteiger partial charge in [0.15, 0.2) is 0 Å². The van der Waals surface area contributed by atoms with Gasteiger partial charge >= 0.3 is 5.97 Å². The standard InChI is InChI=1S/C10H10N2O3/c1-15-7-2-6(4-11)9(5-12)8(3-7)10(13)14/h2-3H,4,11H2,1H3,(H,13,14). The van der Waals surface area contributed by atoms with Crippen LogP contribution in [-0.2, 0) is 6.54 Å². The molecule has 5 nitrogen and oxygen atoms in total. The molecule has 0 aliphatic carbocycles. The lowest BCUT2D eigenvalue weighted by Crippen LogP contribution is -2.07. The molecule has 0 unspecified atom stereocenters. The summed E-state index contributed by atoms with van der Waals surface area (Å²) in [5.41, 5.74) is 5.89. The number of carboxylic acids is 1. The zero-order valence-electron chi connectivity index (χ0n) is 8.15. The number of aromatic carboxylic acids is 1. The first kappa shape index (κ1) is 11.0. The quantitative estimate of drug-likeness (QED) is 0.759. The molecule has 1 aromatic carbocycles. The van der Waals surface area contributed by atoms with Crippen LogP contribution < -0.4 is 10.5 Å². The minimum Gasteiger partial charge on any atom is -0.497 e. The van der Waals surface area contributed by atoms with Gasteiger partial charge in [0, 0.05) is 6.54 Å². The molecule has 3 N–H and O–H groups in total. The van der Waals surface area contributed by atoms with E-state index >= 15 is 0 Å². The molecule has 1 rings (SSSR count). The SMILES string of the molecule is COc1cc(CN)c(C#N)c(C(=O)O)c1. The smallest absolute Gasteiger partial charge is 0.337 e. The molecule has 0 heterocycles. The van der Waals surface area contributed by atoms with E-state index in [1.165, 1.54) is 13.2 Å². The van der Waals surface area contributed by atoms with Crippen LogP contribution in [0.1, 0.15) is 21.5 Å². The molecule has 0 aromatic heterocycles. The average Bonchev–Trinajstić information content (AvgIpc) is 2.26. The Morgan fingerprint density at radius 2 is 2.33 bits per heavy atom. The Morgan fingerprint density at radius 1 is 1.67 bits per heavy atom. The van der Waals surface area contributed by atoms with E-state index in [0.717, 1.165) is 0 Å². The Balaban J connectivity index is 3.48. The number of nitrogens with zero attached hydrogens (tertiary/aromatic N) is 1. The Labute approximate surface area is 86.7 Å². The van der Waals surface area contributed by atoms with Gasteiger partial charge in [0.1, 0.15) is 11.8 Å². The van der Waals surface area contributed by atoms with Crippen molar-refractivity contribution >= 4 is 5.97 Å². The van der Waals surface area contributed by atoms with E-state index in [1.807, 2.05) is 6.07 Å². The van der Waals surface area contributed by atoms with Crippen LogP contribution in [0.3, 0.4) is 0 Å². The van der Waals surface area contributed by atoms with E-state index in [1.54, 1.807) is 6.07 Å². The van der Waals surface area contributed by atoms with Gasteiger partial charge in [-0.25, -0.2) is 4.79 Å². The van der Waals surface area contributed by atoms with Gasteiger partial charge < -0.3 is 15.6 Å². The topological polar surface area (TPSA) is 96.3 Å². The molecule has 0 bridgehead atoms. The molecule has 5 heteroatoms. The molecule has 78 valence electrons. The summed E-state index contributed by atoms with van der Waals surface area (Å²) < 4.78 is 4.92. The monoisotopic (exact) mass is 206 g/mol. The number of ether oxygens (including phenoxy) is 1. The van der Waals surface area contributed by atoms with Crippen molar-refractivity contribution in [2.75, 3.05) is 7.11 Å². The van der Waals surface area contributed by atoms with Crippen molar-refractivity contribution in [3.8, 4) is 11.8 Å². The van der Waals surface area contributed by atoms with Gasteiger partial charge in [-0.2, -0.15) is 5.26 Å². The molecule has 15 heavy (non-hydrogen) atoms. The first-order valence-electron chi connectivity index (χ1n) is 4.18. The van der Waals surface area contributed by atoms with Gasteiger partial charge in [0.05, 0.1) is 18.2 Å². The second-order valence-electron chi connectivity index (χ2n) is 2.83. The van der Waals surface area contributed by atoms with E-state index in [2.05, 4.69) is 0 Å². The lowest BCUT2D eigenvalue weighted by molar-refractivity contribution is 0.0696. The molecular formula is C10H10N2O3. The maximum absolute atomic E-state index is 10.9. The fraction of sp³-hybridized carbons (Fsp3) is 0.200. The van der Waals surface area contributed by atoms with Crippen LogP contribution >= 0.6 is 0 Å². The van der Waals surface area contributed by atoms with E-state index in [-0.39, 0.29) is 17.7 Å². The number of hydrogen-bond acceptors (Lipinski definition) is 4. The van der Waals surface area contributed by atoms with Gasteiger partial charge in [-0.3, -0.25) is 0 Å². The first-order chi connectivity index (χ1) is 7.13. The molecule has 0 saturated heterocycles. The van der Waals surface area contributed by atoms with Crippen molar-refractivity contribution in [1.82, 2.24) is 0 Å². The van der Waals surface area contributed by atoms with Crippen LogP contribution in [-0.4, -0.2) is 18.2 Å². The molecule has 0 aliphatic heterocycles. The van der Waals surface area contributed by atoms with Crippen LogP contribution in [0.15, 0.2) is 12.1 Å². The highest BCUT2D eigenvalue weighted by Crippen LogP contribution is 2.22. The molecule has 0 atom stereocenters. The van der Waals surface area contributed by atoms with Gasteiger partial charge in [-0.15, -0.1) is 0 Å². The zero-order chi connectivity index (χ0) is 11.4. The number of carboxylic acid groups (broad SMARTS) is 1. The summed E-state index contributed by atoms with van der Waals surface area (Å²) in [6.45, 7) is 0.0976. The average molecular weight is 206 g/mol. The number of hydrogen-bond donors (Lipinski definition) is 2. The fourth-order valence-corrected chi connectivity index (χ4v) is 1.25. The second kappa shape index (κ2) is 4.44. The largest absolute Gasteiger partial charge is 0.497 e. The van der Waals surface area contributed by atoms with Crippen LogP contribution in [0.2, 0.25) is 0 Å². The van der Waals surface area contributed by atoms with Crippen molar-refractivity contribution in [2.24, 2.45) is 5.73 Å². The maximum Gasteiger partial charge on any atom is 0.337 e. The molecule has 1 aromatic rings. The fourth-order valence-electron chi connectivity index (χ4n) is 1.25. The Bertz CT molecular complexity index is 435. The summed E-state index contributed by atoms with van der Waals surface area (Å²) >= 11 is 0. The Hall–Kier alpha value is -2.06. The van der Waals surface area contributed by atoms with Crippen molar-refractivity contribution in [3.63, 3.8) is 0 Å². The number of rotatable bonds is 3. The van der Waals surface area contributed by atoms with Gasteiger partial charge in [0.25, 0.3) is 0 Å². The number of nitrogens with two attached hydrogens (primary N) is 1. The molecule has 0 spiro atoms. The van der Waals surface area contributed by atoms with Crippen molar-refractivity contribution in [3.05, 3.63) is 28.8 Å². The molecule has 0 aliphatic rings. The van der Waals surface area contributed by atoms with Crippen LogP contribution in [0.5, 0.6) is 5.75 Å². The summed E-state index contributed by atoms with van der Waals surface area (Å²) in [6, 6.07) is 4.70. The van der Waals surface area contributed by atoms with Crippen molar-refractivity contribution < 1.29 is 14.6 Å². The predicted molar refractivity (Wildman–Crippen MR) is 52.6 cm³/mol. The van der Waals surface area contributed by atoms with Crippen molar-refractivity contribution in [2.45, 2.75) is 6.54 Å². The Kier molecular flexibility index (Phi) is 3.26. The van der Waals surface area contributed by atoms with Gasteiger partial charge in [0.2, 0.25) is 0 Å². The summed E-state index contributed by atoms with van der Waals surface area (Å²) in [7, 11) is 1.42. The van der Waals surface area contributed by atoms with Gasteiger partial charge in [-0.05, 0) is 17.7 Å². The van der Waals surface area contributed by atoms with Gasteiger partial charge in [-0.1, -0.05) is 0 Å². The maximum atomic E-state index is 10.9. The third-order valence-electron chi connectivity index (χ3n) is 1.99. The van der Waals surface area contributed by atoms with E-state index < -0.39 is 5.97 Å². The normalized spacial score (nSPS) is 9.40. The second-order valence-corrected chi connectivity index (χ2v) is 2.83. The van der Waals surface area contributed by atoms with Crippen LogP contribution in [0.4, 0.5) is 0 Å².